The first kappa shape index (κ1) is 22.1. The summed E-state index contributed by atoms with van der Waals surface area (Å²) in [7, 11) is 0. The number of benzene rings is 2. The van der Waals surface area contributed by atoms with Crippen molar-refractivity contribution in [3.05, 3.63) is 71.8 Å². The van der Waals surface area contributed by atoms with Gasteiger partial charge in [-0.3, -0.25) is 9.59 Å². The van der Waals surface area contributed by atoms with E-state index in [-0.39, 0.29) is 23.8 Å². The Kier molecular flexibility index (Phi) is 6.74. The van der Waals surface area contributed by atoms with E-state index < -0.39 is 0 Å². The average molecular weight is 448 g/mol. The number of nitrogens with zero attached hydrogens (tertiary/aromatic N) is 2. The Balaban J connectivity index is 1.15. The number of hydrogen-bond acceptors (Lipinski definition) is 4. The van der Waals surface area contributed by atoms with E-state index in [1.165, 1.54) is 0 Å². The van der Waals surface area contributed by atoms with Crippen molar-refractivity contribution in [2.24, 2.45) is 17.8 Å². The smallest absolute Gasteiger partial charge is 0.253 e. The molecule has 3 aliphatic heterocycles. The van der Waals surface area contributed by atoms with E-state index in [9.17, 15) is 9.59 Å². The zero-order valence-corrected chi connectivity index (χ0v) is 19.1. The van der Waals surface area contributed by atoms with Gasteiger partial charge in [0.1, 0.15) is 0 Å². The van der Waals surface area contributed by atoms with Gasteiger partial charge in [0.25, 0.3) is 5.91 Å². The van der Waals surface area contributed by atoms with Crippen molar-refractivity contribution >= 4 is 11.8 Å². The minimum Gasteiger partial charge on any atom is -0.381 e. The van der Waals surface area contributed by atoms with Crippen LogP contribution in [0.25, 0.3) is 0 Å². The highest BCUT2D eigenvalue weighted by molar-refractivity contribution is 5.94. The van der Waals surface area contributed by atoms with Crippen molar-refractivity contribution in [1.82, 2.24) is 15.1 Å². The fourth-order valence-corrected chi connectivity index (χ4v) is 5.55. The fraction of sp³-hybridized carbons (Fsp3) is 0.481. The molecule has 0 radical (unpaired) electrons. The van der Waals surface area contributed by atoms with Crippen LogP contribution in [0, 0.1) is 17.8 Å². The molecule has 0 bridgehead atoms. The SMILES string of the molecule is O=C(N[C@@H](CCN1CC2CN(C(=O)c3ccccc3)CC2C1)c1ccccc1)C1CCOC1. The molecule has 3 fully saturated rings. The Morgan fingerprint density at radius 2 is 1.61 bits per heavy atom. The predicted octanol–water partition coefficient (Wildman–Crippen LogP) is 2.97. The van der Waals surface area contributed by atoms with Gasteiger partial charge in [-0.2, -0.15) is 0 Å². The van der Waals surface area contributed by atoms with Crippen LogP contribution >= 0.6 is 0 Å². The summed E-state index contributed by atoms with van der Waals surface area (Å²) in [4.78, 5) is 30.1. The molecule has 2 aromatic rings. The summed E-state index contributed by atoms with van der Waals surface area (Å²) < 4.78 is 5.41. The molecule has 4 atom stereocenters. The van der Waals surface area contributed by atoms with Crippen molar-refractivity contribution in [1.29, 1.82) is 0 Å². The molecule has 0 spiro atoms. The van der Waals surface area contributed by atoms with Crippen LogP contribution in [0.3, 0.4) is 0 Å². The van der Waals surface area contributed by atoms with Gasteiger partial charge in [-0.25, -0.2) is 0 Å². The van der Waals surface area contributed by atoms with Crippen molar-refractivity contribution in [3.8, 4) is 0 Å². The Hall–Kier alpha value is -2.70. The first-order valence-corrected chi connectivity index (χ1v) is 12.2. The predicted molar refractivity (Wildman–Crippen MR) is 127 cm³/mol. The third-order valence-electron chi connectivity index (χ3n) is 7.42. The largest absolute Gasteiger partial charge is 0.381 e. The Labute approximate surface area is 195 Å². The molecule has 174 valence electrons. The first-order chi connectivity index (χ1) is 16.2. The van der Waals surface area contributed by atoms with Crippen molar-refractivity contribution < 1.29 is 14.3 Å². The highest BCUT2D eigenvalue weighted by Gasteiger charge is 2.41. The third-order valence-corrected chi connectivity index (χ3v) is 7.42. The highest BCUT2D eigenvalue weighted by Crippen LogP contribution is 2.32. The molecule has 6 nitrogen and oxygen atoms in total. The quantitative estimate of drug-likeness (QED) is 0.709. The van der Waals surface area contributed by atoms with Gasteiger partial charge in [-0.15, -0.1) is 0 Å². The van der Waals surface area contributed by atoms with Gasteiger partial charge in [0.05, 0.1) is 18.6 Å². The third kappa shape index (κ3) is 5.12. The fourth-order valence-electron chi connectivity index (χ4n) is 5.55. The highest BCUT2D eigenvalue weighted by atomic mass is 16.5. The molecular weight excluding hydrogens is 414 g/mol. The Morgan fingerprint density at radius 3 is 2.24 bits per heavy atom. The van der Waals surface area contributed by atoms with Gasteiger partial charge in [0.2, 0.25) is 5.91 Å². The van der Waals surface area contributed by atoms with Crippen LogP contribution in [0.4, 0.5) is 0 Å². The average Bonchev–Trinajstić information content (AvgIpc) is 3.59. The molecule has 2 amide bonds. The number of fused-ring (bicyclic) bond motifs is 1. The standard InChI is InChI=1S/C27H33N3O3/c31-26(22-12-14-33-19-22)28-25(20-7-3-1-4-8-20)11-13-29-15-23-17-30(18-24(23)16-29)27(32)21-9-5-2-6-10-21/h1-10,22-25H,11-19H2,(H,28,31)/t22?,23?,24?,25-/m0/s1. The molecular formula is C27H33N3O3. The molecule has 0 saturated carbocycles. The molecule has 0 aliphatic carbocycles. The second kappa shape index (κ2) is 10.1. The number of carbonyl (C=O) groups excluding carboxylic acids is 2. The zero-order valence-electron chi connectivity index (χ0n) is 19.1. The molecule has 3 unspecified atom stereocenters. The molecule has 1 N–H and O–H groups in total. The van der Waals surface area contributed by atoms with Gasteiger partial charge < -0.3 is 19.9 Å². The van der Waals surface area contributed by atoms with Crippen molar-refractivity contribution in [3.63, 3.8) is 0 Å². The van der Waals surface area contributed by atoms with Gasteiger partial charge in [-0.1, -0.05) is 48.5 Å². The second-order valence-corrected chi connectivity index (χ2v) is 9.68. The number of hydrogen-bond donors (Lipinski definition) is 1. The van der Waals surface area contributed by atoms with Crippen molar-refractivity contribution in [2.45, 2.75) is 18.9 Å². The second-order valence-electron chi connectivity index (χ2n) is 9.68. The van der Waals surface area contributed by atoms with Gasteiger partial charge in [-0.05, 0) is 42.4 Å². The summed E-state index contributed by atoms with van der Waals surface area (Å²) in [5.41, 5.74) is 1.94. The lowest BCUT2D eigenvalue weighted by Gasteiger charge is -2.25. The summed E-state index contributed by atoms with van der Waals surface area (Å²) in [6.45, 7) is 5.88. The van der Waals surface area contributed by atoms with E-state index in [1.54, 1.807) is 0 Å². The van der Waals surface area contributed by atoms with E-state index in [4.69, 9.17) is 4.74 Å². The van der Waals surface area contributed by atoms with E-state index in [2.05, 4.69) is 22.3 Å². The van der Waals surface area contributed by atoms with Crippen molar-refractivity contribution in [2.75, 3.05) is 45.9 Å². The molecule has 3 aliphatic rings. The zero-order chi connectivity index (χ0) is 22.6. The van der Waals surface area contributed by atoms with Crippen LogP contribution in [0.15, 0.2) is 60.7 Å². The number of ether oxygens (including phenoxy) is 1. The molecule has 3 heterocycles. The van der Waals surface area contributed by atoms with E-state index in [0.29, 0.717) is 25.0 Å². The summed E-state index contributed by atoms with van der Waals surface area (Å²) in [6.07, 6.45) is 1.69. The van der Waals surface area contributed by atoms with Gasteiger partial charge in [0.15, 0.2) is 0 Å². The lowest BCUT2D eigenvalue weighted by atomic mass is 10.0. The molecule has 5 rings (SSSR count). The number of carbonyl (C=O) groups is 2. The Bertz CT molecular complexity index is 932. The summed E-state index contributed by atoms with van der Waals surface area (Å²) in [5.74, 6) is 1.31. The molecule has 3 saturated heterocycles. The number of rotatable bonds is 7. The number of amides is 2. The topological polar surface area (TPSA) is 61.9 Å². The van der Waals surface area contributed by atoms with Crippen LogP contribution in [-0.2, 0) is 9.53 Å². The van der Waals surface area contributed by atoms with Crippen LogP contribution in [0.5, 0.6) is 0 Å². The minimum absolute atomic E-state index is 0.0101. The Morgan fingerprint density at radius 1 is 0.939 bits per heavy atom. The minimum atomic E-state index is -0.0320. The van der Waals surface area contributed by atoms with Crippen LogP contribution in [0.2, 0.25) is 0 Å². The van der Waals surface area contributed by atoms with Gasteiger partial charge in [0, 0.05) is 44.9 Å². The maximum Gasteiger partial charge on any atom is 0.253 e. The summed E-state index contributed by atoms with van der Waals surface area (Å²) in [6, 6.07) is 19.9. The number of likely N-dealkylation sites (tertiary alicyclic amines) is 2. The molecule has 6 heteroatoms. The van der Waals surface area contributed by atoms with Crippen LogP contribution in [-0.4, -0.2) is 67.6 Å². The maximum absolute atomic E-state index is 12.8. The maximum atomic E-state index is 12.8. The lowest BCUT2D eigenvalue weighted by molar-refractivity contribution is -0.125. The van der Waals surface area contributed by atoms with E-state index in [0.717, 1.165) is 56.7 Å². The molecule has 0 aromatic heterocycles. The number of nitrogens with one attached hydrogen (secondary N) is 1. The first-order valence-electron chi connectivity index (χ1n) is 12.2. The normalized spacial score (nSPS) is 25.7. The molecule has 2 aromatic carbocycles. The van der Waals surface area contributed by atoms with Gasteiger partial charge >= 0.3 is 0 Å². The summed E-state index contributed by atoms with van der Waals surface area (Å²) in [5, 5.41) is 3.29. The van der Waals surface area contributed by atoms with E-state index >= 15 is 0 Å². The van der Waals surface area contributed by atoms with Crippen LogP contribution < -0.4 is 5.32 Å². The molecule has 33 heavy (non-hydrogen) atoms. The van der Waals surface area contributed by atoms with Crippen LogP contribution in [0.1, 0.15) is 34.8 Å². The van der Waals surface area contributed by atoms with E-state index in [1.807, 2.05) is 53.4 Å². The summed E-state index contributed by atoms with van der Waals surface area (Å²) >= 11 is 0. The monoisotopic (exact) mass is 447 g/mol. The lowest BCUT2D eigenvalue weighted by Crippen LogP contribution is -2.37.